The van der Waals surface area contributed by atoms with Gasteiger partial charge in [-0.05, 0) is 25.1 Å². The Balaban J connectivity index is 2.43. The number of aryl methyl sites for hydroxylation is 1. The summed E-state index contributed by atoms with van der Waals surface area (Å²) in [6.07, 6.45) is 1.59. The Morgan fingerprint density at radius 3 is 2.50 bits per heavy atom. The summed E-state index contributed by atoms with van der Waals surface area (Å²) in [4.78, 5) is 6.11. The van der Waals surface area contributed by atoms with Crippen molar-refractivity contribution in [3.05, 3.63) is 47.7 Å². The van der Waals surface area contributed by atoms with E-state index in [1.165, 1.54) is 5.56 Å². The predicted molar refractivity (Wildman–Crippen MR) is 72.6 cm³/mol. The molecule has 1 heterocycles. The second-order valence-electron chi connectivity index (χ2n) is 4.10. The van der Waals surface area contributed by atoms with Gasteiger partial charge in [0, 0.05) is 18.9 Å². The standard InChI is InChI=1S/C14H14N4/c1-10-3-5-12(6-4-10)18(2)14-13(16)11(9-15)7-8-17-14/h3-8H,16H2,1-2H3. The molecule has 2 aromatic rings. The number of hydrogen-bond acceptors (Lipinski definition) is 4. The number of anilines is 3. The number of nitrogens with zero attached hydrogens (tertiary/aromatic N) is 3. The first-order valence-electron chi connectivity index (χ1n) is 5.58. The molecule has 4 heteroatoms. The van der Waals surface area contributed by atoms with Crippen molar-refractivity contribution in [2.24, 2.45) is 0 Å². The summed E-state index contributed by atoms with van der Waals surface area (Å²) in [6.45, 7) is 2.03. The van der Waals surface area contributed by atoms with Crippen LogP contribution in [0.4, 0.5) is 17.2 Å². The van der Waals surface area contributed by atoms with Gasteiger partial charge < -0.3 is 10.6 Å². The largest absolute Gasteiger partial charge is 0.395 e. The van der Waals surface area contributed by atoms with Crippen LogP contribution in [0.5, 0.6) is 0 Å². The molecule has 0 aliphatic carbocycles. The van der Waals surface area contributed by atoms with Crippen LogP contribution in [0.3, 0.4) is 0 Å². The van der Waals surface area contributed by atoms with E-state index >= 15 is 0 Å². The average Bonchev–Trinajstić information content (AvgIpc) is 2.39. The summed E-state index contributed by atoms with van der Waals surface area (Å²) in [5.74, 6) is 0.595. The van der Waals surface area contributed by atoms with Crippen LogP contribution in [-0.4, -0.2) is 12.0 Å². The quantitative estimate of drug-likeness (QED) is 0.873. The van der Waals surface area contributed by atoms with E-state index in [0.717, 1.165) is 5.69 Å². The lowest BCUT2D eigenvalue weighted by Gasteiger charge is -2.20. The molecule has 0 aliphatic heterocycles. The zero-order valence-corrected chi connectivity index (χ0v) is 10.4. The lowest BCUT2D eigenvalue weighted by Crippen LogP contribution is -2.14. The highest BCUT2D eigenvalue weighted by atomic mass is 15.2. The fourth-order valence-electron chi connectivity index (χ4n) is 1.72. The minimum atomic E-state index is 0.406. The van der Waals surface area contributed by atoms with Gasteiger partial charge in [-0.2, -0.15) is 5.26 Å². The summed E-state index contributed by atoms with van der Waals surface area (Å²) >= 11 is 0. The molecule has 0 radical (unpaired) electrons. The molecule has 0 saturated heterocycles. The number of benzene rings is 1. The number of pyridine rings is 1. The van der Waals surface area contributed by atoms with Crippen molar-refractivity contribution in [2.75, 3.05) is 17.7 Å². The maximum absolute atomic E-state index is 8.96. The Kier molecular flexibility index (Phi) is 3.16. The summed E-state index contributed by atoms with van der Waals surface area (Å²) in [6, 6.07) is 11.7. The van der Waals surface area contributed by atoms with Crippen molar-refractivity contribution in [1.29, 1.82) is 5.26 Å². The van der Waals surface area contributed by atoms with Crippen molar-refractivity contribution >= 4 is 17.2 Å². The summed E-state index contributed by atoms with van der Waals surface area (Å²) < 4.78 is 0. The molecule has 0 saturated carbocycles. The van der Waals surface area contributed by atoms with Gasteiger partial charge in [-0.1, -0.05) is 17.7 Å². The number of nitriles is 1. The average molecular weight is 238 g/mol. The first kappa shape index (κ1) is 11.9. The van der Waals surface area contributed by atoms with Crippen LogP contribution in [0.15, 0.2) is 36.5 Å². The van der Waals surface area contributed by atoms with Crippen LogP contribution in [0.25, 0.3) is 0 Å². The third kappa shape index (κ3) is 2.11. The second-order valence-corrected chi connectivity index (χ2v) is 4.10. The van der Waals surface area contributed by atoms with Gasteiger partial charge in [-0.15, -0.1) is 0 Å². The van der Waals surface area contributed by atoms with E-state index in [1.54, 1.807) is 12.3 Å². The van der Waals surface area contributed by atoms with Crippen LogP contribution in [0.2, 0.25) is 0 Å². The second kappa shape index (κ2) is 4.76. The Bertz CT molecular complexity index is 596. The maximum Gasteiger partial charge on any atom is 0.157 e. The Morgan fingerprint density at radius 1 is 1.22 bits per heavy atom. The highest BCUT2D eigenvalue weighted by molar-refractivity contribution is 5.75. The van der Waals surface area contributed by atoms with Gasteiger partial charge in [-0.25, -0.2) is 4.98 Å². The third-order valence-corrected chi connectivity index (χ3v) is 2.83. The SMILES string of the molecule is Cc1ccc(N(C)c2nccc(C#N)c2N)cc1. The van der Waals surface area contributed by atoms with E-state index in [2.05, 4.69) is 11.1 Å². The van der Waals surface area contributed by atoms with Crippen molar-refractivity contribution in [2.45, 2.75) is 6.92 Å². The van der Waals surface area contributed by atoms with E-state index in [4.69, 9.17) is 11.0 Å². The first-order valence-corrected chi connectivity index (χ1v) is 5.58. The lowest BCUT2D eigenvalue weighted by atomic mass is 10.2. The van der Waals surface area contributed by atoms with E-state index in [1.807, 2.05) is 43.1 Å². The molecule has 2 N–H and O–H groups in total. The molecule has 4 nitrogen and oxygen atoms in total. The molecule has 2 rings (SSSR count). The first-order chi connectivity index (χ1) is 8.63. The minimum absolute atomic E-state index is 0.406. The molecule has 90 valence electrons. The minimum Gasteiger partial charge on any atom is -0.395 e. The zero-order chi connectivity index (χ0) is 13.1. The van der Waals surface area contributed by atoms with Gasteiger partial charge in [0.25, 0.3) is 0 Å². The number of nitrogens with two attached hydrogens (primary N) is 1. The van der Waals surface area contributed by atoms with Crippen molar-refractivity contribution < 1.29 is 0 Å². The summed E-state index contributed by atoms with van der Waals surface area (Å²) in [5.41, 5.74) is 8.96. The molecule has 1 aromatic heterocycles. The van der Waals surface area contributed by atoms with Crippen molar-refractivity contribution in [1.82, 2.24) is 4.98 Å². The normalized spacial score (nSPS) is 9.83. The summed E-state index contributed by atoms with van der Waals surface area (Å²) in [5, 5.41) is 8.96. The number of hydrogen-bond donors (Lipinski definition) is 1. The van der Waals surface area contributed by atoms with Gasteiger partial charge >= 0.3 is 0 Å². The maximum atomic E-state index is 8.96. The van der Waals surface area contributed by atoms with E-state index in [9.17, 15) is 0 Å². The molecule has 1 aromatic carbocycles. The zero-order valence-electron chi connectivity index (χ0n) is 10.4. The molecule has 0 fully saturated rings. The monoisotopic (exact) mass is 238 g/mol. The highest BCUT2D eigenvalue weighted by Gasteiger charge is 2.11. The van der Waals surface area contributed by atoms with E-state index in [-0.39, 0.29) is 0 Å². The van der Waals surface area contributed by atoms with Gasteiger partial charge in [0.1, 0.15) is 6.07 Å². The van der Waals surface area contributed by atoms with Crippen molar-refractivity contribution in [3.8, 4) is 6.07 Å². The van der Waals surface area contributed by atoms with Crippen LogP contribution in [-0.2, 0) is 0 Å². The van der Waals surface area contributed by atoms with E-state index < -0.39 is 0 Å². The molecule has 0 unspecified atom stereocenters. The molecular formula is C14H14N4. The smallest absolute Gasteiger partial charge is 0.157 e. The van der Waals surface area contributed by atoms with Crippen molar-refractivity contribution in [3.63, 3.8) is 0 Å². The van der Waals surface area contributed by atoms with Crippen LogP contribution >= 0.6 is 0 Å². The topological polar surface area (TPSA) is 65.9 Å². The molecule has 18 heavy (non-hydrogen) atoms. The molecule has 0 bridgehead atoms. The van der Waals surface area contributed by atoms with Crippen LogP contribution in [0.1, 0.15) is 11.1 Å². The fourth-order valence-corrected chi connectivity index (χ4v) is 1.72. The Morgan fingerprint density at radius 2 is 1.89 bits per heavy atom. The van der Waals surface area contributed by atoms with Crippen LogP contribution in [0, 0.1) is 18.3 Å². The van der Waals surface area contributed by atoms with Gasteiger partial charge in [0.05, 0.1) is 11.3 Å². The number of rotatable bonds is 2. The fraction of sp³-hybridized carbons (Fsp3) is 0.143. The van der Waals surface area contributed by atoms with Gasteiger partial charge in [0.15, 0.2) is 5.82 Å². The number of nitrogen functional groups attached to an aromatic ring is 1. The Hall–Kier alpha value is -2.54. The molecule has 0 atom stereocenters. The molecule has 0 spiro atoms. The lowest BCUT2D eigenvalue weighted by molar-refractivity contribution is 1.13. The number of aromatic nitrogens is 1. The predicted octanol–water partition coefficient (Wildman–Crippen LogP) is 2.61. The third-order valence-electron chi connectivity index (χ3n) is 2.83. The molecule has 0 amide bonds. The summed E-state index contributed by atoms with van der Waals surface area (Å²) in [7, 11) is 1.88. The van der Waals surface area contributed by atoms with E-state index in [0.29, 0.717) is 17.1 Å². The molecule has 0 aliphatic rings. The van der Waals surface area contributed by atoms with Crippen LogP contribution < -0.4 is 10.6 Å². The van der Waals surface area contributed by atoms with Gasteiger partial charge in [0.2, 0.25) is 0 Å². The molecular weight excluding hydrogens is 224 g/mol. The Labute approximate surface area is 106 Å². The highest BCUT2D eigenvalue weighted by Crippen LogP contribution is 2.28. The van der Waals surface area contributed by atoms with Gasteiger partial charge in [-0.3, -0.25) is 0 Å².